The first kappa shape index (κ1) is 13.3. The van der Waals surface area contributed by atoms with Gasteiger partial charge >= 0.3 is 5.97 Å². The third-order valence-corrected chi connectivity index (χ3v) is 4.25. The zero-order chi connectivity index (χ0) is 13.1. The van der Waals surface area contributed by atoms with Crippen LogP contribution < -0.4 is 5.32 Å². The Hall–Kier alpha value is -1.10. The summed E-state index contributed by atoms with van der Waals surface area (Å²) >= 11 is 0. The standard InChI is InChI=1S/C13H21NO4/c1-18-11-7-3-6-10(11)14-12(15)8-4-2-5-9(8)13(16)17/h8-11H,2-7H2,1H3,(H,14,15)(H,16,17). The van der Waals surface area contributed by atoms with E-state index < -0.39 is 11.9 Å². The number of methoxy groups -OCH3 is 1. The molecule has 2 N–H and O–H groups in total. The van der Waals surface area contributed by atoms with Gasteiger partial charge in [0.2, 0.25) is 5.91 Å². The van der Waals surface area contributed by atoms with Gasteiger partial charge in [0.1, 0.15) is 0 Å². The highest BCUT2D eigenvalue weighted by atomic mass is 16.5. The van der Waals surface area contributed by atoms with E-state index in [1.165, 1.54) is 0 Å². The van der Waals surface area contributed by atoms with E-state index in [4.69, 9.17) is 9.84 Å². The molecule has 18 heavy (non-hydrogen) atoms. The molecule has 4 atom stereocenters. The van der Waals surface area contributed by atoms with Crippen LogP contribution in [0.4, 0.5) is 0 Å². The van der Waals surface area contributed by atoms with Crippen LogP contribution in [-0.4, -0.2) is 36.2 Å². The van der Waals surface area contributed by atoms with Crippen LogP contribution in [0.25, 0.3) is 0 Å². The Morgan fingerprint density at radius 2 is 1.78 bits per heavy atom. The molecule has 0 bridgehead atoms. The number of carboxylic acids is 1. The first-order valence-electron chi connectivity index (χ1n) is 6.69. The minimum Gasteiger partial charge on any atom is -0.481 e. The molecule has 2 aliphatic rings. The summed E-state index contributed by atoms with van der Waals surface area (Å²) in [6.07, 6.45) is 5.16. The van der Waals surface area contributed by atoms with Gasteiger partial charge in [0, 0.05) is 7.11 Å². The molecule has 0 aromatic heterocycles. The number of hydrogen-bond donors (Lipinski definition) is 2. The van der Waals surface area contributed by atoms with Crippen molar-refractivity contribution < 1.29 is 19.4 Å². The number of ether oxygens (including phenoxy) is 1. The summed E-state index contributed by atoms with van der Waals surface area (Å²) in [4.78, 5) is 23.2. The van der Waals surface area contributed by atoms with Crippen molar-refractivity contribution in [2.75, 3.05) is 7.11 Å². The van der Waals surface area contributed by atoms with Crippen LogP contribution >= 0.6 is 0 Å². The Morgan fingerprint density at radius 3 is 2.44 bits per heavy atom. The molecular weight excluding hydrogens is 234 g/mol. The second kappa shape index (κ2) is 5.69. The maximum Gasteiger partial charge on any atom is 0.307 e. The summed E-state index contributed by atoms with van der Waals surface area (Å²) in [5.74, 6) is -1.82. The van der Waals surface area contributed by atoms with E-state index in [1.807, 2.05) is 0 Å². The molecule has 0 aromatic rings. The smallest absolute Gasteiger partial charge is 0.307 e. The molecule has 5 heteroatoms. The normalized spacial score (nSPS) is 35.6. The van der Waals surface area contributed by atoms with E-state index in [2.05, 4.69) is 5.32 Å². The van der Waals surface area contributed by atoms with Crippen molar-refractivity contribution in [1.29, 1.82) is 0 Å². The third kappa shape index (κ3) is 2.66. The average molecular weight is 255 g/mol. The molecule has 1 amide bonds. The quantitative estimate of drug-likeness (QED) is 0.790. The molecule has 102 valence electrons. The molecule has 0 saturated heterocycles. The lowest BCUT2D eigenvalue weighted by molar-refractivity contribution is -0.146. The highest BCUT2D eigenvalue weighted by molar-refractivity contribution is 5.85. The van der Waals surface area contributed by atoms with Crippen molar-refractivity contribution in [2.24, 2.45) is 11.8 Å². The molecule has 0 aliphatic heterocycles. The second-order valence-electron chi connectivity index (χ2n) is 5.30. The molecule has 5 nitrogen and oxygen atoms in total. The van der Waals surface area contributed by atoms with Gasteiger partial charge in [0.15, 0.2) is 0 Å². The van der Waals surface area contributed by atoms with E-state index >= 15 is 0 Å². The van der Waals surface area contributed by atoms with Gasteiger partial charge in [0.25, 0.3) is 0 Å². The van der Waals surface area contributed by atoms with Crippen LogP contribution in [0.15, 0.2) is 0 Å². The second-order valence-corrected chi connectivity index (χ2v) is 5.30. The van der Waals surface area contributed by atoms with Gasteiger partial charge in [-0.15, -0.1) is 0 Å². The average Bonchev–Trinajstić information content (AvgIpc) is 2.96. The van der Waals surface area contributed by atoms with Gasteiger partial charge in [-0.2, -0.15) is 0 Å². The molecule has 4 unspecified atom stereocenters. The summed E-state index contributed by atoms with van der Waals surface area (Å²) in [5.41, 5.74) is 0. The highest BCUT2D eigenvalue weighted by Crippen LogP contribution is 2.32. The summed E-state index contributed by atoms with van der Waals surface area (Å²) in [6, 6.07) is 0.0533. The van der Waals surface area contributed by atoms with E-state index in [-0.39, 0.29) is 24.0 Å². The number of carbonyl (C=O) groups is 2. The molecule has 2 saturated carbocycles. The minimum absolute atomic E-state index is 0.0533. The number of aliphatic carboxylic acids is 1. The molecular formula is C13H21NO4. The number of carboxylic acid groups (broad SMARTS) is 1. The third-order valence-electron chi connectivity index (χ3n) is 4.25. The SMILES string of the molecule is COC1CCCC1NC(=O)C1CCCC1C(=O)O. The Kier molecular flexibility index (Phi) is 4.22. The first-order valence-corrected chi connectivity index (χ1v) is 6.69. The molecule has 0 radical (unpaired) electrons. The zero-order valence-electron chi connectivity index (χ0n) is 10.7. The summed E-state index contributed by atoms with van der Waals surface area (Å²) in [7, 11) is 1.66. The van der Waals surface area contributed by atoms with Gasteiger partial charge in [-0.25, -0.2) is 0 Å². The fraction of sp³-hybridized carbons (Fsp3) is 0.846. The van der Waals surface area contributed by atoms with Crippen molar-refractivity contribution in [3.8, 4) is 0 Å². The van der Waals surface area contributed by atoms with Crippen molar-refractivity contribution in [2.45, 2.75) is 50.7 Å². The molecule has 2 fully saturated rings. The summed E-state index contributed by atoms with van der Waals surface area (Å²) < 4.78 is 5.33. The molecule has 2 aliphatic carbocycles. The number of carbonyl (C=O) groups excluding carboxylic acids is 1. The van der Waals surface area contributed by atoms with E-state index in [1.54, 1.807) is 7.11 Å². The number of hydrogen-bond acceptors (Lipinski definition) is 3. The predicted octanol–water partition coefficient (Wildman–Crippen LogP) is 1.17. The number of rotatable bonds is 4. The predicted molar refractivity (Wildman–Crippen MR) is 65.0 cm³/mol. The largest absolute Gasteiger partial charge is 0.481 e. The lowest BCUT2D eigenvalue weighted by Gasteiger charge is -2.23. The van der Waals surface area contributed by atoms with Crippen LogP contribution in [-0.2, 0) is 14.3 Å². The Morgan fingerprint density at radius 1 is 1.11 bits per heavy atom. The van der Waals surface area contributed by atoms with Gasteiger partial charge in [0.05, 0.1) is 24.0 Å². The van der Waals surface area contributed by atoms with Gasteiger partial charge in [-0.3, -0.25) is 9.59 Å². The van der Waals surface area contributed by atoms with E-state index in [0.29, 0.717) is 12.8 Å². The Balaban J connectivity index is 1.93. The van der Waals surface area contributed by atoms with Crippen LogP contribution in [0.1, 0.15) is 38.5 Å². The molecule has 0 heterocycles. The topological polar surface area (TPSA) is 75.6 Å². The lowest BCUT2D eigenvalue weighted by Crippen LogP contribution is -2.45. The lowest BCUT2D eigenvalue weighted by atomic mass is 9.95. The summed E-state index contributed by atoms with van der Waals surface area (Å²) in [5, 5.41) is 12.1. The van der Waals surface area contributed by atoms with Gasteiger partial charge < -0.3 is 15.2 Å². The molecule has 2 rings (SSSR count). The number of amides is 1. The van der Waals surface area contributed by atoms with Crippen LogP contribution in [0.3, 0.4) is 0 Å². The van der Waals surface area contributed by atoms with Crippen LogP contribution in [0, 0.1) is 11.8 Å². The minimum atomic E-state index is -0.845. The number of nitrogens with one attached hydrogen (secondary N) is 1. The van der Waals surface area contributed by atoms with Crippen LogP contribution in [0.5, 0.6) is 0 Å². The fourth-order valence-corrected chi connectivity index (χ4v) is 3.23. The van der Waals surface area contributed by atoms with Gasteiger partial charge in [-0.1, -0.05) is 6.42 Å². The monoisotopic (exact) mass is 255 g/mol. The highest BCUT2D eigenvalue weighted by Gasteiger charge is 2.39. The van der Waals surface area contributed by atoms with E-state index in [9.17, 15) is 9.59 Å². The molecule has 0 spiro atoms. The Labute approximate surface area is 107 Å². The maximum absolute atomic E-state index is 12.1. The fourth-order valence-electron chi connectivity index (χ4n) is 3.23. The maximum atomic E-state index is 12.1. The van der Waals surface area contributed by atoms with Crippen molar-refractivity contribution in [3.05, 3.63) is 0 Å². The Bertz CT molecular complexity index is 331. The van der Waals surface area contributed by atoms with Gasteiger partial charge in [-0.05, 0) is 32.1 Å². The van der Waals surface area contributed by atoms with E-state index in [0.717, 1.165) is 25.7 Å². The summed E-state index contributed by atoms with van der Waals surface area (Å²) in [6.45, 7) is 0. The van der Waals surface area contributed by atoms with Crippen LogP contribution in [0.2, 0.25) is 0 Å². The van der Waals surface area contributed by atoms with Crippen molar-refractivity contribution >= 4 is 11.9 Å². The van der Waals surface area contributed by atoms with Crippen molar-refractivity contribution in [1.82, 2.24) is 5.32 Å². The van der Waals surface area contributed by atoms with Crippen molar-refractivity contribution in [3.63, 3.8) is 0 Å². The zero-order valence-corrected chi connectivity index (χ0v) is 10.7. The first-order chi connectivity index (χ1) is 8.63. The molecule has 0 aromatic carbocycles.